The van der Waals surface area contributed by atoms with Crippen molar-refractivity contribution >= 4 is 56.9 Å². The Morgan fingerprint density at radius 1 is 0.923 bits per heavy atom. The van der Waals surface area contributed by atoms with Crippen molar-refractivity contribution in [3.05, 3.63) is 107 Å². The summed E-state index contributed by atoms with van der Waals surface area (Å²) in [5.41, 5.74) is 2.90. The summed E-state index contributed by atoms with van der Waals surface area (Å²) in [6, 6.07) is 24.6. The van der Waals surface area contributed by atoms with Crippen LogP contribution < -0.4 is 20.1 Å². The van der Waals surface area contributed by atoms with Gasteiger partial charge in [0.05, 0.1) is 46.0 Å². The number of benzene rings is 3. The van der Waals surface area contributed by atoms with Crippen molar-refractivity contribution < 1.29 is 13.7 Å². The van der Waals surface area contributed by atoms with Crippen LogP contribution in [0, 0.1) is 0 Å². The van der Waals surface area contributed by atoms with E-state index in [1.807, 2.05) is 42.5 Å². The Hall–Kier alpha value is -4.54. The normalized spacial score (nSPS) is 11.5. The van der Waals surface area contributed by atoms with Gasteiger partial charge in [-0.25, -0.2) is 14.2 Å². The second-order valence-corrected chi connectivity index (χ2v) is 9.90. The van der Waals surface area contributed by atoms with E-state index in [0.29, 0.717) is 43.8 Å². The van der Waals surface area contributed by atoms with Crippen LogP contribution >= 0.6 is 11.6 Å². The van der Waals surface area contributed by atoms with E-state index in [-0.39, 0.29) is 18.3 Å². The van der Waals surface area contributed by atoms with E-state index in [1.165, 1.54) is 0 Å². The van der Waals surface area contributed by atoms with Gasteiger partial charge in [-0.05, 0) is 54.6 Å². The summed E-state index contributed by atoms with van der Waals surface area (Å²) in [7, 11) is -0.205. The first-order valence-electron chi connectivity index (χ1n) is 11.8. The van der Waals surface area contributed by atoms with Crippen LogP contribution in [0.15, 0.2) is 96.0 Å². The molecule has 0 radical (unpaired) electrons. The monoisotopic (exact) mass is 558 g/mol. The molecule has 5 aromatic rings. The van der Waals surface area contributed by atoms with Crippen molar-refractivity contribution in [1.82, 2.24) is 20.3 Å². The third-order valence-corrected chi connectivity index (χ3v) is 7.04. The Morgan fingerprint density at radius 3 is 2.44 bits per heavy atom. The number of nitrogens with one attached hydrogen (secondary N) is 3. The molecule has 9 nitrogen and oxygen atoms in total. The number of hydrogen-bond acceptors (Lipinski definition) is 7. The lowest BCUT2D eigenvalue weighted by Crippen LogP contribution is -2.23. The number of hydrogen-bond donors (Lipinski definition) is 3. The number of carbonyl (C=O) groups is 1. The van der Waals surface area contributed by atoms with Crippen molar-refractivity contribution in [1.29, 1.82) is 0 Å². The number of pyridine rings is 1. The summed E-state index contributed by atoms with van der Waals surface area (Å²) in [5.74, 6) is 0.865. The van der Waals surface area contributed by atoms with E-state index >= 15 is 0 Å². The Labute approximate surface area is 232 Å². The Balaban J connectivity index is 1.40. The number of anilines is 3. The first-order valence-corrected chi connectivity index (χ1v) is 13.4. The minimum absolute atomic E-state index is 0.246. The van der Waals surface area contributed by atoms with E-state index in [0.717, 1.165) is 5.69 Å². The maximum absolute atomic E-state index is 13.4. The van der Waals surface area contributed by atoms with Crippen LogP contribution in [0.4, 0.5) is 17.3 Å². The van der Waals surface area contributed by atoms with E-state index in [9.17, 15) is 9.00 Å². The fourth-order valence-electron chi connectivity index (χ4n) is 3.69. The average molecular weight is 559 g/mol. The van der Waals surface area contributed by atoms with Crippen LogP contribution in [0.25, 0.3) is 11.0 Å². The quantitative estimate of drug-likeness (QED) is 0.219. The molecule has 2 heterocycles. The minimum Gasteiger partial charge on any atom is -0.497 e. The summed E-state index contributed by atoms with van der Waals surface area (Å²) in [6.07, 6.45) is 1.66. The highest BCUT2D eigenvalue weighted by Crippen LogP contribution is 2.32. The highest BCUT2D eigenvalue weighted by Gasteiger charge is 2.16. The standard InChI is InChI=1S/C28H23ClN6O3S/c1-38-20-12-13-22(29)25(16-20)34-26-27(33-24-11-3-2-10-23(24)32-26)35-39(37)21-9-6-7-18(15-21)28(36)31-17-19-8-4-5-14-30-19/h2-16H,17H2,1H3,(H,31,36)(H,32,34)(H,33,35). The van der Waals surface area contributed by atoms with Crippen LogP contribution in [0.3, 0.4) is 0 Å². The number of nitrogens with zero attached hydrogens (tertiary/aromatic N) is 3. The Morgan fingerprint density at radius 2 is 1.69 bits per heavy atom. The lowest BCUT2D eigenvalue weighted by molar-refractivity contribution is 0.0950. The topological polar surface area (TPSA) is 118 Å². The van der Waals surface area contributed by atoms with Crippen molar-refractivity contribution in [3.63, 3.8) is 0 Å². The first-order chi connectivity index (χ1) is 19.0. The molecule has 0 fully saturated rings. The molecule has 2 aromatic heterocycles. The lowest BCUT2D eigenvalue weighted by Gasteiger charge is -2.15. The largest absolute Gasteiger partial charge is 0.497 e. The van der Waals surface area contributed by atoms with Crippen LogP contribution in [0.2, 0.25) is 5.02 Å². The van der Waals surface area contributed by atoms with Crippen LogP contribution in [0.5, 0.6) is 5.75 Å². The third-order valence-electron chi connectivity index (χ3n) is 5.65. The molecule has 3 aromatic carbocycles. The highest BCUT2D eigenvalue weighted by atomic mass is 35.5. The zero-order valence-electron chi connectivity index (χ0n) is 20.7. The average Bonchev–Trinajstić information content (AvgIpc) is 2.97. The molecule has 1 atom stereocenters. The molecule has 11 heteroatoms. The SMILES string of the molecule is COc1ccc(Cl)c(Nc2nc3ccccc3nc2NS(=O)c2cccc(C(=O)NCc3ccccn3)c2)c1. The number of methoxy groups -OCH3 is 1. The van der Waals surface area contributed by atoms with Gasteiger partial charge in [0.2, 0.25) is 0 Å². The summed E-state index contributed by atoms with van der Waals surface area (Å²) in [6.45, 7) is 0.278. The molecule has 0 bridgehead atoms. The predicted molar refractivity (Wildman–Crippen MR) is 153 cm³/mol. The second kappa shape index (κ2) is 11.9. The van der Waals surface area contributed by atoms with E-state index in [4.69, 9.17) is 16.3 Å². The summed E-state index contributed by atoms with van der Waals surface area (Å²) in [4.78, 5) is 26.6. The number of ether oxygens (including phenoxy) is 1. The molecule has 0 aliphatic carbocycles. The van der Waals surface area contributed by atoms with Crippen LogP contribution in [-0.2, 0) is 17.5 Å². The van der Waals surface area contributed by atoms with Gasteiger partial charge in [-0.15, -0.1) is 0 Å². The van der Waals surface area contributed by atoms with E-state index in [2.05, 4.69) is 30.3 Å². The molecule has 0 saturated carbocycles. The molecule has 1 unspecified atom stereocenters. The minimum atomic E-state index is -1.77. The molecule has 39 heavy (non-hydrogen) atoms. The maximum Gasteiger partial charge on any atom is 0.251 e. The number of para-hydroxylation sites is 2. The number of aromatic nitrogens is 3. The van der Waals surface area contributed by atoms with E-state index in [1.54, 1.807) is 55.8 Å². The van der Waals surface area contributed by atoms with Gasteiger partial charge in [-0.3, -0.25) is 14.5 Å². The molecular formula is C28H23ClN6O3S. The van der Waals surface area contributed by atoms with Gasteiger partial charge in [-0.2, -0.15) is 0 Å². The molecule has 0 aliphatic rings. The Kier molecular flexibility index (Phi) is 7.95. The smallest absolute Gasteiger partial charge is 0.251 e. The van der Waals surface area contributed by atoms with Crippen LogP contribution in [0.1, 0.15) is 16.1 Å². The molecular weight excluding hydrogens is 536 g/mol. The number of fused-ring (bicyclic) bond motifs is 1. The van der Waals surface area contributed by atoms with Gasteiger partial charge < -0.3 is 15.4 Å². The summed E-state index contributed by atoms with van der Waals surface area (Å²) >= 11 is 6.40. The zero-order valence-corrected chi connectivity index (χ0v) is 22.3. The predicted octanol–water partition coefficient (Wildman–Crippen LogP) is 5.50. The van der Waals surface area contributed by atoms with Crippen molar-refractivity contribution in [2.24, 2.45) is 0 Å². The Bertz CT molecular complexity index is 1670. The molecule has 0 aliphatic heterocycles. The number of halogens is 1. The van der Waals surface area contributed by atoms with Gasteiger partial charge in [0.1, 0.15) is 5.75 Å². The fourth-order valence-corrected chi connectivity index (χ4v) is 4.72. The first kappa shape index (κ1) is 26.1. The molecule has 196 valence electrons. The van der Waals surface area contributed by atoms with Gasteiger partial charge >= 0.3 is 0 Å². The van der Waals surface area contributed by atoms with Gasteiger partial charge in [0.25, 0.3) is 5.91 Å². The molecule has 1 amide bonds. The van der Waals surface area contributed by atoms with Crippen molar-refractivity contribution in [2.45, 2.75) is 11.4 Å². The molecule has 0 saturated heterocycles. The lowest BCUT2D eigenvalue weighted by atomic mass is 10.2. The van der Waals surface area contributed by atoms with Crippen molar-refractivity contribution in [3.8, 4) is 5.75 Å². The van der Waals surface area contributed by atoms with Crippen molar-refractivity contribution in [2.75, 3.05) is 17.1 Å². The fraction of sp³-hybridized carbons (Fsp3) is 0.0714. The third kappa shape index (κ3) is 6.31. The van der Waals surface area contributed by atoms with Crippen LogP contribution in [-0.4, -0.2) is 32.2 Å². The second-order valence-electron chi connectivity index (χ2n) is 8.28. The zero-order chi connectivity index (χ0) is 27.2. The number of carbonyl (C=O) groups excluding carboxylic acids is 1. The molecule has 5 rings (SSSR count). The van der Waals surface area contributed by atoms with Gasteiger partial charge in [-0.1, -0.05) is 35.9 Å². The highest BCUT2D eigenvalue weighted by molar-refractivity contribution is 7.86. The summed E-state index contributed by atoms with van der Waals surface area (Å²) in [5, 5.41) is 6.45. The maximum atomic E-state index is 13.4. The number of amides is 1. The van der Waals surface area contributed by atoms with Gasteiger partial charge in [0.15, 0.2) is 22.6 Å². The van der Waals surface area contributed by atoms with E-state index < -0.39 is 11.0 Å². The summed E-state index contributed by atoms with van der Waals surface area (Å²) < 4.78 is 21.6. The number of rotatable bonds is 9. The van der Waals surface area contributed by atoms with Gasteiger partial charge in [0, 0.05) is 17.8 Å². The molecule has 3 N–H and O–H groups in total. The molecule has 0 spiro atoms.